The third kappa shape index (κ3) is 6.17. The Kier molecular flexibility index (Phi) is 7.67. The molecule has 0 aromatic heterocycles. The molecule has 0 saturated carbocycles. The first kappa shape index (κ1) is 24.7. The van der Waals surface area contributed by atoms with E-state index in [2.05, 4.69) is 103 Å². The zero-order chi connectivity index (χ0) is 24.8. The molecule has 2 N–H and O–H groups in total. The molecule has 1 aliphatic rings. The summed E-state index contributed by atoms with van der Waals surface area (Å²) in [4.78, 5) is 7.18. The van der Waals surface area contributed by atoms with Gasteiger partial charge in [0.15, 0.2) is 0 Å². The molecule has 3 aromatic rings. The van der Waals surface area contributed by atoms with Gasteiger partial charge in [0.05, 0.1) is 5.69 Å². The Morgan fingerprint density at radius 2 is 1.40 bits per heavy atom. The number of aliphatic imine (C=N–C) groups is 1. The van der Waals surface area contributed by atoms with Gasteiger partial charge in [-0.15, -0.1) is 0 Å². The molecule has 3 nitrogen and oxygen atoms in total. The molecule has 0 radical (unpaired) electrons. The summed E-state index contributed by atoms with van der Waals surface area (Å²) in [7, 11) is 0. The van der Waals surface area contributed by atoms with Gasteiger partial charge in [0.25, 0.3) is 0 Å². The van der Waals surface area contributed by atoms with Gasteiger partial charge in [0.2, 0.25) is 0 Å². The molecule has 0 atom stereocenters. The average Bonchev–Trinajstić information content (AvgIpc) is 3.38. The van der Waals surface area contributed by atoms with E-state index in [4.69, 9.17) is 5.73 Å². The minimum absolute atomic E-state index is 0.109. The van der Waals surface area contributed by atoms with Crippen molar-refractivity contribution >= 4 is 11.4 Å². The van der Waals surface area contributed by atoms with Crippen LogP contribution in [0.25, 0.3) is 11.1 Å². The number of likely N-dealkylation sites (tertiary alicyclic amines) is 1. The second-order valence-corrected chi connectivity index (χ2v) is 10.0. The minimum atomic E-state index is -0.109. The van der Waals surface area contributed by atoms with Gasteiger partial charge < -0.3 is 5.73 Å². The number of nitrogens with two attached hydrogens (primary N) is 1. The molecule has 1 fully saturated rings. The summed E-state index contributed by atoms with van der Waals surface area (Å²) in [5, 5.41) is 0. The molecule has 0 amide bonds. The first-order chi connectivity index (χ1) is 16.8. The first-order valence-electron chi connectivity index (χ1n) is 12.5. The second kappa shape index (κ2) is 10.9. The van der Waals surface area contributed by atoms with Gasteiger partial charge in [-0.3, -0.25) is 9.89 Å². The lowest BCUT2D eigenvalue weighted by molar-refractivity contribution is 0.331. The smallest absolute Gasteiger partial charge is 0.0633 e. The molecule has 35 heavy (non-hydrogen) atoms. The highest BCUT2D eigenvalue weighted by Crippen LogP contribution is 2.34. The lowest BCUT2D eigenvalue weighted by atomic mass is 9.78. The molecule has 0 bridgehead atoms. The molecular formula is C32H37N3. The fraction of sp³-hybridized carbons (Fsp3) is 0.281. The zero-order valence-corrected chi connectivity index (χ0v) is 21.3. The molecular weight excluding hydrogens is 426 g/mol. The van der Waals surface area contributed by atoms with Crippen molar-refractivity contribution in [2.45, 2.75) is 45.6 Å². The molecule has 1 aliphatic heterocycles. The van der Waals surface area contributed by atoms with Gasteiger partial charge in [0, 0.05) is 23.4 Å². The highest BCUT2D eigenvalue weighted by molar-refractivity contribution is 5.95. The minimum Gasteiger partial charge on any atom is -0.399 e. The van der Waals surface area contributed by atoms with Gasteiger partial charge in [-0.2, -0.15) is 0 Å². The van der Waals surface area contributed by atoms with Crippen LogP contribution < -0.4 is 5.73 Å². The molecule has 3 aromatic carbocycles. The van der Waals surface area contributed by atoms with Crippen LogP contribution in [0.4, 0.5) is 5.69 Å². The number of benzene rings is 3. The Hall–Kier alpha value is -3.43. The molecule has 0 spiro atoms. The number of hydrogen-bond donors (Lipinski definition) is 1. The normalized spacial score (nSPS) is 15.4. The van der Waals surface area contributed by atoms with Crippen molar-refractivity contribution in [2.24, 2.45) is 10.7 Å². The van der Waals surface area contributed by atoms with Gasteiger partial charge in [-0.25, -0.2) is 0 Å². The van der Waals surface area contributed by atoms with Gasteiger partial charge in [0.1, 0.15) is 0 Å². The molecule has 0 unspecified atom stereocenters. The van der Waals surface area contributed by atoms with E-state index in [9.17, 15) is 0 Å². The maximum atomic E-state index is 5.82. The first-order valence-corrected chi connectivity index (χ1v) is 12.5. The SMILES string of the molecule is C=CC(N)=CC(C)=Nc1ccc(C(C)(C)c2ccc(-c3ccc(CN4CCCC4)cc3)cc2)cc1. The number of hydrogen-bond acceptors (Lipinski definition) is 3. The summed E-state index contributed by atoms with van der Waals surface area (Å²) < 4.78 is 0. The predicted molar refractivity (Wildman–Crippen MR) is 150 cm³/mol. The van der Waals surface area contributed by atoms with E-state index >= 15 is 0 Å². The summed E-state index contributed by atoms with van der Waals surface area (Å²) in [5.41, 5.74) is 14.6. The van der Waals surface area contributed by atoms with Crippen molar-refractivity contribution < 1.29 is 0 Å². The second-order valence-electron chi connectivity index (χ2n) is 10.0. The Bertz CT molecular complexity index is 1190. The molecule has 4 rings (SSSR count). The van der Waals surface area contributed by atoms with Crippen LogP contribution in [0.1, 0.15) is 50.3 Å². The Balaban J connectivity index is 1.46. The number of rotatable bonds is 8. The summed E-state index contributed by atoms with van der Waals surface area (Å²) in [6.45, 7) is 13.7. The predicted octanol–water partition coefficient (Wildman–Crippen LogP) is 7.40. The van der Waals surface area contributed by atoms with E-state index in [0.29, 0.717) is 5.70 Å². The molecule has 0 aliphatic carbocycles. The summed E-state index contributed by atoms with van der Waals surface area (Å²) >= 11 is 0. The van der Waals surface area contributed by atoms with Crippen LogP contribution in [-0.4, -0.2) is 23.7 Å². The van der Waals surface area contributed by atoms with Crippen molar-refractivity contribution in [3.8, 4) is 11.1 Å². The molecule has 1 heterocycles. The highest BCUT2D eigenvalue weighted by Gasteiger charge is 2.23. The van der Waals surface area contributed by atoms with Crippen LogP contribution in [-0.2, 0) is 12.0 Å². The van der Waals surface area contributed by atoms with Crippen molar-refractivity contribution in [3.63, 3.8) is 0 Å². The van der Waals surface area contributed by atoms with E-state index in [1.807, 2.05) is 13.0 Å². The highest BCUT2D eigenvalue weighted by atomic mass is 15.1. The van der Waals surface area contributed by atoms with Crippen molar-refractivity contribution in [3.05, 3.63) is 114 Å². The quantitative estimate of drug-likeness (QED) is 0.279. The van der Waals surface area contributed by atoms with Crippen LogP contribution in [0.3, 0.4) is 0 Å². The van der Waals surface area contributed by atoms with E-state index in [-0.39, 0.29) is 5.41 Å². The Morgan fingerprint density at radius 1 is 0.886 bits per heavy atom. The van der Waals surface area contributed by atoms with Crippen LogP contribution in [0.15, 0.2) is 102 Å². The van der Waals surface area contributed by atoms with Crippen LogP contribution in [0.5, 0.6) is 0 Å². The Morgan fingerprint density at radius 3 is 1.94 bits per heavy atom. The Labute approximate surface area is 210 Å². The molecule has 3 heteroatoms. The standard InChI is InChI=1S/C32H37N3/c1-5-30(33)22-24(2)34-31-18-16-29(17-19-31)32(3,4)28-14-12-27(13-15-28)26-10-8-25(9-11-26)23-35-20-6-7-21-35/h5,8-19,22H,1,6-7,20-21,23,33H2,2-4H3. The fourth-order valence-corrected chi connectivity index (χ4v) is 4.74. The summed E-state index contributed by atoms with van der Waals surface area (Å²) in [6, 6.07) is 26.5. The lowest BCUT2D eigenvalue weighted by Gasteiger charge is -2.26. The lowest BCUT2D eigenvalue weighted by Crippen LogP contribution is -2.18. The van der Waals surface area contributed by atoms with Crippen molar-refractivity contribution in [1.82, 2.24) is 4.90 Å². The zero-order valence-electron chi connectivity index (χ0n) is 21.3. The van der Waals surface area contributed by atoms with E-state index in [1.165, 1.54) is 53.7 Å². The average molecular weight is 464 g/mol. The molecule has 180 valence electrons. The fourth-order valence-electron chi connectivity index (χ4n) is 4.74. The van der Waals surface area contributed by atoms with E-state index in [0.717, 1.165) is 17.9 Å². The monoisotopic (exact) mass is 463 g/mol. The summed E-state index contributed by atoms with van der Waals surface area (Å²) in [6.07, 6.45) is 6.12. The van der Waals surface area contributed by atoms with Crippen molar-refractivity contribution in [2.75, 3.05) is 13.1 Å². The van der Waals surface area contributed by atoms with Gasteiger partial charge >= 0.3 is 0 Å². The summed E-state index contributed by atoms with van der Waals surface area (Å²) in [5.74, 6) is 0. The van der Waals surface area contributed by atoms with E-state index in [1.54, 1.807) is 6.08 Å². The van der Waals surface area contributed by atoms with Gasteiger partial charge in [-0.1, -0.05) is 81.1 Å². The third-order valence-corrected chi connectivity index (χ3v) is 7.00. The number of nitrogens with zero attached hydrogens (tertiary/aromatic N) is 2. The van der Waals surface area contributed by atoms with Crippen molar-refractivity contribution in [1.29, 1.82) is 0 Å². The number of allylic oxidation sites excluding steroid dienone is 2. The third-order valence-electron chi connectivity index (χ3n) is 7.00. The maximum absolute atomic E-state index is 5.82. The topological polar surface area (TPSA) is 41.6 Å². The van der Waals surface area contributed by atoms with Crippen LogP contribution >= 0.6 is 0 Å². The largest absolute Gasteiger partial charge is 0.399 e. The molecule has 1 saturated heterocycles. The van der Waals surface area contributed by atoms with Crippen LogP contribution in [0.2, 0.25) is 0 Å². The maximum Gasteiger partial charge on any atom is 0.0633 e. The van der Waals surface area contributed by atoms with Gasteiger partial charge in [-0.05, 0) is 85.0 Å². The van der Waals surface area contributed by atoms with E-state index < -0.39 is 0 Å². The van der Waals surface area contributed by atoms with Crippen LogP contribution in [0, 0.1) is 0 Å².